The average Bonchev–Trinajstić information content (AvgIpc) is 2.81. The summed E-state index contributed by atoms with van der Waals surface area (Å²) in [7, 11) is 0. The summed E-state index contributed by atoms with van der Waals surface area (Å²) in [5.41, 5.74) is 8.64. The maximum absolute atomic E-state index is 12.7. The van der Waals surface area contributed by atoms with Crippen molar-refractivity contribution >= 4 is 5.91 Å². The molecule has 2 atom stereocenters. The number of phenols is 1. The van der Waals surface area contributed by atoms with Gasteiger partial charge in [0.1, 0.15) is 5.75 Å². The summed E-state index contributed by atoms with van der Waals surface area (Å²) in [6.45, 7) is 4.85. The Balaban J connectivity index is 0.000000278. The van der Waals surface area contributed by atoms with Gasteiger partial charge >= 0.3 is 0 Å². The highest BCUT2D eigenvalue weighted by Crippen LogP contribution is 2.19. The lowest BCUT2D eigenvalue weighted by molar-refractivity contribution is -0.134. The second-order valence-electron chi connectivity index (χ2n) is 7.70. The van der Waals surface area contributed by atoms with E-state index in [9.17, 15) is 9.90 Å². The molecule has 1 amide bonds. The Morgan fingerprint density at radius 2 is 1.62 bits per heavy atom. The molecule has 0 radical (unpaired) electrons. The molecular formula is C26H33N3O3. The van der Waals surface area contributed by atoms with Gasteiger partial charge in [0.25, 0.3) is 0 Å². The number of aromatic nitrogens is 1. The first-order valence-electron chi connectivity index (χ1n) is 10.8. The fourth-order valence-corrected chi connectivity index (χ4v) is 3.29. The number of carbonyl (C=O) groups is 1. The molecule has 0 aliphatic heterocycles. The predicted molar refractivity (Wildman–Crippen MR) is 127 cm³/mol. The van der Waals surface area contributed by atoms with Crippen LogP contribution < -0.4 is 5.73 Å². The zero-order valence-electron chi connectivity index (χ0n) is 18.8. The van der Waals surface area contributed by atoms with E-state index >= 15 is 0 Å². The number of aliphatic hydroxyl groups is 1. The number of nitrogens with zero attached hydrogens (tertiary/aromatic N) is 2. The highest BCUT2D eigenvalue weighted by Gasteiger charge is 2.24. The van der Waals surface area contributed by atoms with E-state index in [1.807, 2.05) is 68.4 Å². The molecule has 1 heterocycles. The third kappa shape index (κ3) is 8.13. The maximum Gasteiger partial charge on any atom is 0.232 e. The van der Waals surface area contributed by atoms with Gasteiger partial charge in [0, 0.05) is 31.5 Å². The van der Waals surface area contributed by atoms with Gasteiger partial charge in [0.15, 0.2) is 0 Å². The Hall–Kier alpha value is -3.22. The highest BCUT2D eigenvalue weighted by atomic mass is 16.3. The number of nitrogens with two attached hydrogens (primary N) is 1. The smallest absolute Gasteiger partial charge is 0.232 e. The predicted octanol–water partition coefficient (Wildman–Crippen LogP) is 3.49. The van der Waals surface area contributed by atoms with Crippen LogP contribution in [0.5, 0.6) is 5.75 Å². The van der Waals surface area contributed by atoms with E-state index in [-0.39, 0.29) is 18.6 Å². The number of rotatable bonds is 8. The number of likely N-dealkylation sites (N-methyl/N-ethyl adjacent to an activating group) is 1. The number of aromatic hydroxyl groups is 1. The van der Waals surface area contributed by atoms with Crippen LogP contribution in [0.25, 0.3) is 0 Å². The van der Waals surface area contributed by atoms with Gasteiger partial charge in [-0.1, -0.05) is 42.5 Å². The zero-order valence-corrected chi connectivity index (χ0v) is 18.8. The second-order valence-corrected chi connectivity index (χ2v) is 7.70. The molecule has 3 aromatic rings. The Labute approximate surface area is 190 Å². The molecule has 32 heavy (non-hydrogen) atoms. The van der Waals surface area contributed by atoms with E-state index in [4.69, 9.17) is 10.8 Å². The van der Waals surface area contributed by atoms with Crippen molar-refractivity contribution in [2.24, 2.45) is 5.73 Å². The molecule has 170 valence electrons. The fraction of sp³-hybridized carbons (Fsp3) is 0.308. The van der Waals surface area contributed by atoms with Gasteiger partial charge < -0.3 is 20.8 Å². The molecule has 3 rings (SSSR count). The Morgan fingerprint density at radius 3 is 2.16 bits per heavy atom. The van der Waals surface area contributed by atoms with Gasteiger partial charge in [-0.25, -0.2) is 0 Å². The minimum atomic E-state index is -0.506. The Bertz CT molecular complexity index is 916. The van der Waals surface area contributed by atoms with Gasteiger partial charge in [-0.15, -0.1) is 0 Å². The molecule has 1 aromatic heterocycles. The monoisotopic (exact) mass is 435 g/mol. The van der Waals surface area contributed by atoms with Gasteiger partial charge in [0.2, 0.25) is 5.91 Å². The van der Waals surface area contributed by atoms with Gasteiger partial charge in [-0.2, -0.15) is 0 Å². The van der Waals surface area contributed by atoms with Crippen molar-refractivity contribution in [3.63, 3.8) is 0 Å². The van der Waals surface area contributed by atoms with Crippen LogP contribution in [0.3, 0.4) is 0 Å². The third-order valence-corrected chi connectivity index (χ3v) is 4.99. The van der Waals surface area contributed by atoms with E-state index in [0.717, 1.165) is 23.1 Å². The van der Waals surface area contributed by atoms with Crippen LogP contribution in [0, 0.1) is 0 Å². The van der Waals surface area contributed by atoms with E-state index < -0.39 is 5.92 Å². The zero-order chi connectivity index (χ0) is 23.3. The summed E-state index contributed by atoms with van der Waals surface area (Å²) in [4.78, 5) is 18.4. The summed E-state index contributed by atoms with van der Waals surface area (Å²) in [5.74, 6) is -0.255. The number of amides is 1. The van der Waals surface area contributed by atoms with Crippen molar-refractivity contribution < 1.29 is 15.0 Å². The first-order valence-corrected chi connectivity index (χ1v) is 10.8. The molecule has 4 N–H and O–H groups in total. The summed E-state index contributed by atoms with van der Waals surface area (Å²) in [6, 6.07) is 20.5. The fourth-order valence-electron chi connectivity index (χ4n) is 3.29. The Kier molecular flexibility index (Phi) is 10.4. The molecule has 0 aliphatic carbocycles. The number of phenolic OH excluding ortho intramolecular Hbond substituents is 1. The number of benzene rings is 2. The van der Waals surface area contributed by atoms with E-state index in [1.54, 1.807) is 29.4 Å². The normalized spacial score (nSPS) is 12.2. The SMILES string of the molecule is CCN(Cc1ccncc1)C(=O)[C@@H](CO)c1ccccc1.C[C@@H](N)Cc1ccc(O)cc1. The molecular weight excluding hydrogens is 402 g/mol. The summed E-state index contributed by atoms with van der Waals surface area (Å²) >= 11 is 0. The quantitative estimate of drug-likeness (QED) is 0.503. The second kappa shape index (κ2) is 13.2. The first kappa shape index (κ1) is 25.0. The maximum atomic E-state index is 12.7. The minimum absolute atomic E-state index is 0.0528. The molecule has 0 fully saturated rings. The van der Waals surface area contributed by atoms with Crippen molar-refractivity contribution in [1.29, 1.82) is 0 Å². The number of carbonyl (C=O) groups excluding carboxylic acids is 1. The molecule has 0 saturated heterocycles. The minimum Gasteiger partial charge on any atom is -0.508 e. The molecule has 0 saturated carbocycles. The van der Waals surface area contributed by atoms with Crippen LogP contribution in [-0.2, 0) is 17.8 Å². The first-order chi connectivity index (χ1) is 15.4. The van der Waals surface area contributed by atoms with E-state index in [2.05, 4.69) is 4.98 Å². The number of hydrogen-bond donors (Lipinski definition) is 3. The molecule has 2 aromatic carbocycles. The van der Waals surface area contributed by atoms with Crippen LogP contribution >= 0.6 is 0 Å². The average molecular weight is 436 g/mol. The standard InChI is InChI=1S/C17H20N2O2.C9H13NO/c1-2-19(12-14-8-10-18-11-9-14)17(21)16(13-20)15-6-4-3-5-7-15;1-7(10)6-8-2-4-9(11)5-3-8/h3-11,16,20H,2,12-13H2,1H3;2-5,7,11H,6,10H2,1H3/t16-;7-/m01/s1. The van der Waals surface area contributed by atoms with Gasteiger partial charge in [0.05, 0.1) is 12.5 Å². The van der Waals surface area contributed by atoms with Crippen LogP contribution in [0.4, 0.5) is 0 Å². The van der Waals surface area contributed by atoms with Crippen LogP contribution in [0.2, 0.25) is 0 Å². The molecule has 0 bridgehead atoms. The highest BCUT2D eigenvalue weighted by molar-refractivity contribution is 5.83. The van der Waals surface area contributed by atoms with Crippen molar-refractivity contribution in [2.75, 3.05) is 13.2 Å². The Morgan fingerprint density at radius 1 is 1.00 bits per heavy atom. The van der Waals surface area contributed by atoms with Crippen molar-refractivity contribution in [2.45, 2.75) is 38.8 Å². The molecule has 0 aliphatic rings. The topological polar surface area (TPSA) is 99.7 Å². The summed E-state index contributed by atoms with van der Waals surface area (Å²) in [5, 5.41) is 18.6. The molecule has 6 nitrogen and oxygen atoms in total. The lowest BCUT2D eigenvalue weighted by Gasteiger charge is -2.25. The van der Waals surface area contributed by atoms with Gasteiger partial charge in [-0.05, 0) is 61.2 Å². The summed E-state index contributed by atoms with van der Waals surface area (Å²) < 4.78 is 0. The molecule has 6 heteroatoms. The van der Waals surface area contributed by atoms with Crippen LogP contribution in [-0.4, -0.2) is 45.2 Å². The van der Waals surface area contributed by atoms with Crippen molar-refractivity contribution in [3.8, 4) is 5.75 Å². The van der Waals surface area contributed by atoms with Crippen molar-refractivity contribution in [1.82, 2.24) is 9.88 Å². The van der Waals surface area contributed by atoms with Crippen LogP contribution in [0.15, 0.2) is 79.1 Å². The number of aliphatic hydroxyl groups excluding tert-OH is 1. The number of pyridine rings is 1. The van der Waals surface area contributed by atoms with E-state index in [1.165, 1.54) is 0 Å². The molecule has 0 unspecified atom stereocenters. The molecule has 0 spiro atoms. The van der Waals surface area contributed by atoms with Gasteiger partial charge in [-0.3, -0.25) is 9.78 Å². The lowest BCUT2D eigenvalue weighted by atomic mass is 9.98. The lowest BCUT2D eigenvalue weighted by Crippen LogP contribution is -2.36. The van der Waals surface area contributed by atoms with E-state index in [0.29, 0.717) is 18.8 Å². The third-order valence-electron chi connectivity index (χ3n) is 4.99. The van der Waals surface area contributed by atoms with Crippen LogP contribution in [0.1, 0.15) is 36.5 Å². The van der Waals surface area contributed by atoms with Crippen molar-refractivity contribution in [3.05, 3.63) is 95.8 Å². The number of hydrogen-bond acceptors (Lipinski definition) is 5. The summed E-state index contributed by atoms with van der Waals surface area (Å²) in [6.07, 6.45) is 4.29. The largest absolute Gasteiger partial charge is 0.508 e.